The van der Waals surface area contributed by atoms with Crippen molar-refractivity contribution in [1.29, 1.82) is 0 Å². The van der Waals surface area contributed by atoms with E-state index < -0.39 is 10.0 Å². The second kappa shape index (κ2) is 7.31. The molecule has 4 fully saturated rings. The predicted octanol–water partition coefficient (Wildman–Crippen LogP) is 3.90. The molecule has 1 aromatic rings. The van der Waals surface area contributed by atoms with E-state index in [-0.39, 0.29) is 40.4 Å². The van der Waals surface area contributed by atoms with Gasteiger partial charge in [0.1, 0.15) is 0 Å². The van der Waals surface area contributed by atoms with Crippen LogP contribution in [0.4, 0.5) is 0 Å². The lowest BCUT2D eigenvalue weighted by molar-refractivity contribution is -0.137. The number of hydrogen-bond donors (Lipinski definition) is 0. The van der Waals surface area contributed by atoms with E-state index in [1.54, 1.807) is 0 Å². The minimum atomic E-state index is -3.53. The molecule has 6 heteroatoms. The summed E-state index contributed by atoms with van der Waals surface area (Å²) in [5, 5.41) is 0. The van der Waals surface area contributed by atoms with Gasteiger partial charge in [-0.3, -0.25) is 9.69 Å². The normalized spacial score (nSPS) is 38.4. The molecule has 2 bridgehead atoms. The summed E-state index contributed by atoms with van der Waals surface area (Å²) in [6.45, 7) is 9.22. The number of benzene rings is 1. The molecule has 1 aromatic carbocycles. The Labute approximate surface area is 187 Å². The van der Waals surface area contributed by atoms with Crippen LogP contribution in [0.25, 0.3) is 0 Å². The molecular formula is C25H36N2O3S. The van der Waals surface area contributed by atoms with E-state index in [9.17, 15) is 13.2 Å². The number of carbonyl (C=O) groups excluding carboxylic acids is 1. The molecule has 5 atom stereocenters. The van der Waals surface area contributed by atoms with Crippen molar-refractivity contribution in [2.24, 2.45) is 28.6 Å². The number of rotatable bonds is 4. The summed E-state index contributed by atoms with van der Waals surface area (Å²) in [6.07, 6.45) is 4.57. The first-order chi connectivity index (χ1) is 14.7. The van der Waals surface area contributed by atoms with E-state index in [1.807, 2.05) is 6.07 Å². The molecule has 1 unspecified atom stereocenters. The molecule has 2 aliphatic carbocycles. The van der Waals surface area contributed by atoms with Crippen molar-refractivity contribution in [3.05, 3.63) is 35.9 Å². The third-order valence-corrected chi connectivity index (χ3v) is 11.5. The first-order valence-corrected chi connectivity index (χ1v) is 13.6. The summed E-state index contributed by atoms with van der Waals surface area (Å²) in [7, 11) is -3.53. The number of likely N-dealkylation sites (tertiary alicyclic amines) is 1. The van der Waals surface area contributed by atoms with Crippen LogP contribution in [-0.4, -0.2) is 48.4 Å². The fourth-order valence-electron chi connectivity index (χ4n) is 7.57. The Morgan fingerprint density at radius 3 is 2.58 bits per heavy atom. The zero-order valence-electron chi connectivity index (χ0n) is 19.1. The SMILES string of the molecule is CC[C@@H]1CN(Cc2ccccc2)CC[C@@H]1C(=O)N1[C@@H]2CC3CC[C@]2(CS1(=O)=O)C3(C)C. The van der Waals surface area contributed by atoms with Gasteiger partial charge in [0, 0.05) is 24.4 Å². The Morgan fingerprint density at radius 1 is 1.16 bits per heavy atom. The van der Waals surface area contributed by atoms with Gasteiger partial charge in [0.25, 0.3) is 0 Å². The molecule has 4 aliphatic rings. The summed E-state index contributed by atoms with van der Waals surface area (Å²) in [5.74, 6) is 0.644. The van der Waals surface area contributed by atoms with Gasteiger partial charge in [-0.05, 0) is 55.0 Å². The van der Waals surface area contributed by atoms with Crippen LogP contribution in [0.1, 0.15) is 58.4 Å². The number of sulfonamides is 1. The molecule has 0 radical (unpaired) electrons. The highest BCUT2D eigenvalue weighted by molar-refractivity contribution is 7.90. The van der Waals surface area contributed by atoms with Crippen molar-refractivity contribution in [1.82, 2.24) is 9.21 Å². The Balaban J connectivity index is 1.35. The second-order valence-corrected chi connectivity index (χ2v) is 12.9. The number of nitrogens with zero attached hydrogens (tertiary/aromatic N) is 2. The van der Waals surface area contributed by atoms with Gasteiger partial charge in [0.05, 0.1) is 11.8 Å². The maximum absolute atomic E-state index is 13.8. The third-order valence-electron chi connectivity index (χ3n) is 9.54. The lowest BCUT2D eigenvalue weighted by Crippen LogP contribution is -2.51. The van der Waals surface area contributed by atoms with E-state index in [0.717, 1.165) is 51.7 Å². The molecule has 0 aromatic heterocycles. The largest absolute Gasteiger partial charge is 0.299 e. The van der Waals surface area contributed by atoms with Crippen LogP contribution in [0.3, 0.4) is 0 Å². The fourth-order valence-corrected chi connectivity index (χ4v) is 10.2. The first kappa shape index (κ1) is 21.4. The molecule has 5 nitrogen and oxygen atoms in total. The highest BCUT2D eigenvalue weighted by Gasteiger charge is 2.72. The smallest absolute Gasteiger partial charge is 0.239 e. The summed E-state index contributed by atoms with van der Waals surface area (Å²) in [4.78, 5) is 16.2. The van der Waals surface area contributed by atoms with Crippen molar-refractivity contribution in [3.63, 3.8) is 0 Å². The van der Waals surface area contributed by atoms with E-state index in [4.69, 9.17) is 0 Å². The van der Waals surface area contributed by atoms with Crippen molar-refractivity contribution in [2.75, 3.05) is 18.8 Å². The zero-order valence-corrected chi connectivity index (χ0v) is 19.9. The van der Waals surface area contributed by atoms with Gasteiger partial charge < -0.3 is 0 Å². The Bertz CT molecular complexity index is 960. The number of hydrogen-bond acceptors (Lipinski definition) is 4. The van der Waals surface area contributed by atoms with Crippen molar-refractivity contribution in [3.8, 4) is 0 Å². The van der Waals surface area contributed by atoms with Gasteiger partial charge in [-0.1, -0.05) is 57.5 Å². The highest BCUT2D eigenvalue weighted by Crippen LogP contribution is 2.70. The van der Waals surface area contributed by atoms with Crippen LogP contribution in [0.2, 0.25) is 0 Å². The van der Waals surface area contributed by atoms with Gasteiger partial charge in [-0.2, -0.15) is 0 Å². The van der Waals surface area contributed by atoms with Crippen molar-refractivity contribution in [2.45, 2.75) is 65.5 Å². The van der Waals surface area contributed by atoms with E-state index >= 15 is 0 Å². The fraction of sp³-hybridized carbons (Fsp3) is 0.720. The molecule has 2 saturated carbocycles. The van der Waals surface area contributed by atoms with Gasteiger partial charge in [0.15, 0.2) is 0 Å². The van der Waals surface area contributed by atoms with Gasteiger partial charge >= 0.3 is 0 Å². The standard InChI is InChI=1S/C25H36N2O3S/c1-4-19-16-26(15-18-8-6-5-7-9-18)13-11-21(19)23(28)27-22-14-20-10-12-25(22,24(20,2)3)17-31(27,29)30/h5-9,19-22H,4,10-17H2,1-3H3/t19-,20?,21+,22-,25-/m1/s1. The molecule has 170 valence electrons. The molecule has 1 spiro atoms. The number of carbonyl (C=O) groups is 1. The van der Waals surface area contributed by atoms with Crippen LogP contribution in [0.5, 0.6) is 0 Å². The van der Waals surface area contributed by atoms with Crippen molar-refractivity contribution >= 4 is 15.9 Å². The average molecular weight is 445 g/mol. The maximum Gasteiger partial charge on any atom is 0.239 e. The molecular weight excluding hydrogens is 408 g/mol. The van der Waals surface area contributed by atoms with Gasteiger partial charge in [-0.25, -0.2) is 12.7 Å². The van der Waals surface area contributed by atoms with Crippen LogP contribution in [-0.2, 0) is 21.4 Å². The summed E-state index contributed by atoms with van der Waals surface area (Å²) in [6, 6.07) is 10.3. The minimum Gasteiger partial charge on any atom is -0.299 e. The third kappa shape index (κ3) is 3.12. The zero-order chi connectivity index (χ0) is 22.0. The minimum absolute atomic E-state index is 0.00295. The Kier molecular flexibility index (Phi) is 5.06. The predicted molar refractivity (Wildman–Crippen MR) is 122 cm³/mol. The highest BCUT2D eigenvalue weighted by atomic mass is 32.2. The first-order valence-electron chi connectivity index (χ1n) is 12.0. The molecule has 0 N–H and O–H groups in total. The lowest BCUT2D eigenvalue weighted by atomic mass is 9.69. The molecule has 5 rings (SSSR count). The Morgan fingerprint density at radius 2 is 1.90 bits per heavy atom. The molecule has 2 saturated heterocycles. The van der Waals surface area contributed by atoms with Crippen molar-refractivity contribution < 1.29 is 13.2 Å². The summed E-state index contributed by atoms with van der Waals surface area (Å²) >= 11 is 0. The maximum atomic E-state index is 13.8. The number of piperidine rings is 1. The summed E-state index contributed by atoms with van der Waals surface area (Å²) < 4.78 is 28.1. The van der Waals surface area contributed by atoms with Crippen LogP contribution in [0.15, 0.2) is 30.3 Å². The molecule has 31 heavy (non-hydrogen) atoms. The Hall–Kier alpha value is -1.40. The van der Waals surface area contributed by atoms with Crippen LogP contribution >= 0.6 is 0 Å². The molecule has 1 amide bonds. The number of fused-ring (bicyclic) bond motifs is 1. The van der Waals surface area contributed by atoms with Gasteiger partial charge in [-0.15, -0.1) is 0 Å². The second-order valence-electron chi connectivity index (χ2n) is 11.0. The molecule has 2 heterocycles. The van der Waals surface area contributed by atoms with Gasteiger partial charge in [0.2, 0.25) is 15.9 Å². The monoisotopic (exact) mass is 444 g/mol. The summed E-state index contributed by atoms with van der Waals surface area (Å²) in [5.41, 5.74) is 1.06. The lowest BCUT2D eigenvalue weighted by Gasteiger charge is -2.41. The topological polar surface area (TPSA) is 57.7 Å². The van der Waals surface area contributed by atoms with Crippen LogP contribution < -0.4 is 0 Å². The van der Waals surface area contributed by atoms with Crippen LogP contribution in [0, 0.1) is 28.6 Å². The molecule has 2 aliphatic heterocycles. The van der Waals surface area contributed by atoms with E-state index in [0.29, 0.717) is 5.92 Å². The quantitative estimate of drug-likeness (QED) is 0.707. The van der Waals surface area contributed by atoms with E-state index in [1.165, 1.54) is 9.87 Å². The average Bonchev–Trinajstić information content (AvgIpc) is 3.22. The number of amides is 1. The van der Waals surface area contributed by atoms with E-state index in [2.05, 4.69) is 49.9 Å².